The van der Waals surface area contributed by atoms with Crippen LogP contribution < -0.4 is 15.5 Å². The first-order valence-electron chi connectivity index (χ1n) is 7.64. The Bertz CT molecular complexity index is 623. The average molecular weight is 281 g/mol. The maximum atomic E-state index is 6.31. The van der Waals surface area contributed by atoms with Crippen LogP contribution in [0.5, 0.6) is 0 Å². The van der Waals surface area contributed by atoms with Gasteiger partial charge in [0.05, 0.1) is 11.4 Å². The van der Waals surface area contributed by atoms with E-state index < -0.39 is 0 Å². The Labute approximate surface area is 127 Å². The van der Waals surface area contributed by atoms with E-state index in [0.29, 0.717) is 0 Å². The number of para-hydroxylation sites is 3. The first-order chi connectivity index (χ1) is 10.2. The topological polar surface area (TPSA) is 32.5 Å². The lowest BCUT2D eigenvalue weighted by Gasteiger charge is -2.38. The molecule has 1 heterocycles. The third kappa shape index (κ3) is 2.49. The fraction of sp³-hybridized carbons (Fsp3) is 0.333. The van der Waals surface area contributed by atoms with Gasteiger partial charge in [-0.1, -0.05) is 37.3 Å². The molecule has 3 rings (SSSR count). The maximum absolute atomic E-state index is 6.31. The number of nitrogens with zero attached hydrogens (tertiary/aromatic N) is 2. The van der Waals surface area contributed by atoms with Gasteiger partial charge < -0.3 is 15.5 Å². The van der Waals surface area contributed by atoms with Crippen LogP contribution in [0.3, 0.4) is 0 Å². The highest BCUT2D eigenvalue weighted by Crippen LogP contribution is 2.39. The Hall–Kier alpha value is -2.00. The molecule has 1 atom stereocenters. The molecule has 0 radical (unpaired) electrons. The second-order valence-electron chi connectivity index (χ2n) is 5.64. The summed E-state index contributed by atoms with van der Waals surface area (Å²) in [6.07, 6.45) is 0.951. The summed E-state index contributed by atoms with van der Waals surface area (Å²) in [6.45, 7) is 4.15. The van der Waals surface area contributed by atoms with Crippen molar-refractivity contribution in [2.75, 3.05) is 29.9 Å². The smallest absolute Gasteiger partial charge is 0.0649 e. The number of nitrogens with two attached hydrogens (primary N) is 1. The highest BCUT2D eigenvalue weighted by molar-refractivity contribution is 5.80. The summed E-state index contributed by atoms with van der Waals surface area (Å²) in [5, 5.41) is 0. The van der Waals surface area contributed by atoms with Crippen LogP contribution in [0.25, 0.3) is 0 Å². The van der Waals surface area contributed by atoms with Gasteiger partial charge >= 0.3 is 0 Å². The SMILES string of the molecule is CCC(N)c1ccccc1N1CCN(C)c2ccccc21. The summed E-state index contributed by atoms with van der Waals surface area (Å²) in [6, 6.07) is 17.2. The number of hydrogen-bond acceptors (Lipinski definition) is 3. The van der Waals surface area contributed by atoms with Crippen LogP contribution in [-0.4, -0.2) is 20.1 Å². The third-order valence-electron chi connectivity index (χ3n) is 4.31. The van der Waals surface area contributed by atoms with Crippen LogP contribution in [0.2, 0.25) is 0 Å². The minimum absolute atomic E-state index is 0.0908. The molecule has 0 amide bonds. The quantitative estimate of drug-likeness (QED) is 0.931. The van der Waals surface area contributed by atoms with Crippen LogP contribution in [0, 0.1) is 0 Å². The molecule has 21 heavy (non-hydrogen) atoms. The lowest BCUT2D eigenvalue weighted by atomic mass is 10.0. The summed E-state index contributed by atoms with van der Waals surface area (Å²) in [4.78, 5) is 4.72. The second kappa shape index (κ2) is 5.78. The van der Waals surface area contributed by atoms with E-state index >= 15 is 0 Å². The highest BCUT2D eigenvalue weighted by Gasteiger charge is 2.23. The van der Waals surface area contributed by atoms with Crippen LogP contribution in [-0.2, 0) is 0 Å². The largest absolute Gasteiger partial charge is 0.371 e. The van der Waals surface area contributed by atoms with Crippen LogP contribution in [0.4, 0.5) is 17.1 Å². The van der Waals surface area contributed by atoms with Gasteiger partial charge in [-0.15, -0.1) is 0 Å². The van der Waals surface area contributed by atoms with E-state index in [9.17, 15) is 0 Å². The normalized spacial score (nSPS) is 15.8. The first kappa shape index (κ1) is 14.0. The summed E-state index contributed by atoms with van der Waals surface area (Å²) < 4.78 is 0. The van der Waals surface area contributed by atoms with E-state index in [4.69, 9.17) is 5.73 Å². The summed E-state index contributed by atoms with van der Waals surface area (Å²) in [5.74, 6) is 0. The van der Waals surface area contributed by atoms with E-state index in [1.165, 1.54) is 22.6 Å². The summed E-state index contributed by atoms with van der Waals surface area (Å²) in [5.41, 5.74) is 11.3. The molecule has 0 saturated heterocycles. The summed E-state index contributed by atoms with van der Waals surface area (Å²) in [7, 11) is 2.15. The van der Waals surface area contributed by atoms with Gasteiger partial charge in [0.25, 0.3) is 0 Å². The van der Waals surface area contributed by atoms with Crippen molar-refractivity contribution >= 4 is 17.1 Å². The van der Waals surface area contributed by atoms with E-state index in [1.54, 1.807) is 0 Å². The molecule has 1 aliphatic rings. The second-order valence-corrected chi connectivity index (χ2v) is 5.64. The maximum Gasteiger partial charge on any atom is 0.0649 e. The number of anilines is 3. The van der Waals surface area contributed by atoms with E-state index in [1.807, 2.05) is 0 Å². The van der Waals surface area contributed by atoms with Gasteiger partial charge in [-0.05, 0) is 30.2 Å². The molecule has 0 aliphatic carbocycles. The van der Waals surface area contributed by atoms with Gasteiger partial charge in [-0.25, -0.2) is 0 Å². The minimum atomic E-state index is 0.0908. The van der Waals surface area contributed by atoms with Gasteiger partial charge in [-0.3, -0.25) is 0 Å². The number of rotatable bonds is 3. The number of benzene rings is 2. The molecule has 3 nitrogen and oxygen atoms in total. The van der Waals surface area contributed by atoms with Crippen molar-refractivity contribution in [3.05, 3.63) is 54.1 Å². The molecule has 1 aliphatic heterocycles. The van der Waals surface area contributed by atoms with E-state index in [2.05, 4.69) is 72.3 Å². The molecular formula is C18H23N3. The van der Waals surface area contributed by atoms with E-state index in [0.717, 1.165) is 19.5 Å². The Balaban J connectivity index is 2.08. The molecular weight excluding hydrogens is 258 g/mol. The van der Waals surface area contributed by atoms with Crippen molar-refractivity contribution in [3.63, 3.8) is 0 Å². The Morgan fingerprint density at radius 2 is 1.57 bits per heavy atom. The molecule has 0 aromatic heterocycles. The lowest BCUT2D eigenvalue weighted by Crippen LogP contribution is -2.37. The van der Waals surface area contributed by atoms with Gasteiger partial charge in [0.1, 0.15) is 0 Å². The van der Waals surface area contributed by atoms with Crippen molar-refractivity contribution in [2.24, 2.45) is 5.73 Å². The molecule has 1 unspecified atom stereocenters. The first-order valence-corrected chi connectivity index (χ1v) is 7.64. The van der Waals surface area contributed by atoms with Gasteiger partial charge in [0, 0.05) is 31.9 Å². The van der Waals surface area contributed by atoms with Gasteiger partial charge in [0.15, 0.2) is 0 Å². The Morgan fingerprint density at radius 1 is 0.952 bits per heavy atom. The molecule has 0 saturated carbocycles. The van der Waals surface area contributed by atoms with Crippen LogP contribution >= 0.6 is 0 Å². The zero-order valence-corrected chi connectivity index (χ0v) is 12.8. The lowest BCUT2D eigenvalue weighted by molar-refractivity contribution is 0.694. The number of hydrogen-bond donors (Lipinski definition) is 1. The predicted molar refractivity (Wildman–Crippen MR) is 90.4 cm³/mol. The van der Waals surface area contributed by atoms with Crippen molar-refractivity contribution in [1.82, 2.24) is 0 Å². The van der Waals surface area contributed by atoms with Crippen molar-refractivity contribution < 1.29 is 0 Å². The molecule has 0 spiro atoms. The molecule has 3 heteroatoms. The van der Waals surface area contributed by atoms with Crippen molar-refractivity contribution in [1.29, 1.82) is 0 Å². The fourth-order valence-electron chi connectivity index (χ4n) is 3.02. The molecule has 0 bridgehead atoms. The Kier molecular flexibility index (Phi) is 3.84. The van der Waals surface area contributed by atoms with Crippen molar-refractivity contribution in [2.45, 2.75) is 19.4 Å². The standard InChI is InChI=1S/C18H23N3/c1-3-15(19)14-8-4-5-9-16(14)21-13-12-20(2)17-10-6-7-11-18(17)21/h4-11,15H,3,12-13,19H2,1-2H3. The molecule has 110 valence electrons. The van der Waals surface area contributed by atoms with E-state index in [-0.39, 0.29) is 6.04 Å². The molecule has 2 N–H and O–H groups in total. The highest BCUT2D eigenvalue weighted by atomic mass is 15.3. The zero-order valence-electron chi connectivity index (χ0n) is 12.8. The van der Waals surface area contributed by atoms with Crippen molar-refractivity contribution in [3.8, 4) is 0 Å². The van der Waals surface area contributed by atoms with Crippen LogP contribution in [0.15, 0.2) is 48.5 Å². The van der Waals surface area contributed by atoms with Gasteiger partial charge in [-0.2, -0.15) is 0 Å². The molecule has 2 aromatic carbocycles. The average Bonchev–Trinajstić information content (AvgIpc) is 2.55. The summed E-state index contributed by atoms with van der Waals surface area (Å²) >= 11 is 0. The fourth-order valence-corrected chi connectivity index (χ4v) is 3.02. The third-order valence-corrected chi connectivity index (χ3v) is 4.31. The number of likely N-dealkylation sites (N-methyl/N-ethyl adjacent to an activating group) is 1. The molecule has 2 aromatic rings. The van der Waals surface area contributed by atoms with Crippen LogP contribution in [0.1, 0.15) is 24.9 Å². The Morgan fingerprint density at radius 3 is 2.29 bits per heavy atom. The molecule has 0 fully saturated rings. The zero-order chi connectivity index (χ0) is 14.8. The number of fused-ring (bicyclic) bond motifs is 1. The minimum Gasteiger partial charge on any atom is -0.371 e. The predicted octanol–water partition coefficient (Wildman–Crippen LogP) is 3.68. The monoisotopic (exact) mass is 281 g/mol. The van der Waals surface area contributed by atoms with Gasteiger partial charge in [0.2, 0.25) is 0 Å².